The lowest BCUT2D eigenvalue weighted by Crippen LogP contribution is -2.57. The number of aliphatic hydroxyl groups excluding tert-OH is 1. The average molecular weight is 318 g/mol. The van der Waals surface area contributed by atoms with Gasteiger partial charge < -0.3 is 9.90 Å². The Bertz CT molecular complexity index is 529. The van der Waals surface area contributed by atoms with E-state index in [4.69, 9.17) is 0 Å². The number of carbonyl (C=O) groups is 2. The van der Waals surface area contributed by atoms with Gasteiger partial charge in [0.05, 0.1) is 6.10 Å². The number of hydrogen-bond acceptors (Lipinski definition) is 3. The normalized spacial score (nSPS) is 55.7. The second kappa shape index (κ2) is 5.15. The predicted molar refractivity (Wildman–Crippen MR) is 87.7 cm³/mol. The van der Waals surface area contributed by atoms with Crippen molar-refractivity contribution in [1.29, 1.82) is 0 Å². The van der Waals surface area contributed by atoms with Gasteiger partial charge >= 0.3 is 0 Å². The van der Waals surface area contributed by atoms with Crippen LogP contribution in [-0.4, -0.2) is 23.3 Å². The van der Waals surface area contributed by atoms with Crippen LogP contribution in [0.4, 0.5) is 0 Å². The summed E-state index contributed by atoms with van der Waals surface area (Å²) in [5.74, 6) is 2.44. The van der Waals surface area contributed by atoms with Crippen molar-refractivity contribution in [3.8, 4) is 0 Å². The lowest BCUT2D eigenvalue weighted by atomic mass is 9.43. The monoisotopic (exact) mass is 318 g/mol. The Morgan fingerprint density at radius 3 is 2.70 bits per heavy atom. The van der Waals surface area contributed by atoms with Gasteiger partial charge in [-0.05, 0) is 74.0 Å². The van der Waals surface area contributed by atoms with Gasteiger partial charge in [0.15, 0.2) is 0 Å². The van der Waals surface area contributed by atoms with E-state index in [-0.39, 0.29) is 22.9 Å². The molecule has 4 fully saturated rings. The molecule has 0 aliphatic heterocycles. The SMILES string of the molecule is C[C@]12CC[C@@H](O)C[C@@H]1CC[C@@H]1[C@@H]2C(C=O)C[C@]2(C)C(=O)CC[C@@H]12. The zero-order chi connectivity index (χ0) is 16.4. The number of carbonyl (C=O) groups excluding carboxylic acids is 2. The van der Waals surface area contributed by atoms with E-state index in [1.165, 1.54) is 12.7 Å². The molecule has 4 aliphatic rings. The smallest absolute Gasteiger partial charge is 0.139 e. The van der Waals surface area contributed by atoms with Crippen molar-refractivity contribution in [2.45, 2.75) is 71.3 Å². The summed E-state index contributed by atoms with van der Waals surface area (Å²) in [5.41, 5.74) is -0.0647. The molecule has 0 aromatic carbocycles. The third-order valence-corrected chi connectivity index (χ3v) is 8.53. The van der Waals surface area contributed by atoms with Gasteiger partial charge in [-0.15, -0.1) is 0 Å². The first-order valence-electron chi connectivity index (χ1n) is 9.57. The van der Waals surface area contributed by atoms with Crippen LogP contribution in [0.5, 0.6) is 0 Å². The predicted octanol–water partition coefficient (Wildman–Crippen LogP) is 3.38. The standard InChI is InChI=1S/C20H30O3/c1-19-8-7-14(22)9-13(19)3-4-15-16-5-6-17(23)20(16,2)10-12(11-21)18(15)19/h11-16,18,22H,3-10H2,1-2H3/t12?,13-,14+,15-,16-,18-,19-,20-/m0/s1. The topological polar surface area (TPSA) is 54.4 Å². The molecule has 1 N–H and O–H groups in total. The molecule has 0 spiro atoms. The molecular weight excluding hydrogens is 288 g/mol. The number of rotatable bonds is 1. The minimum atomic E-state index is -0.246. The summed E-state index contributed by atoms with van der Waals surface area (Å²) >= 11 is 0. The molecule has 0 amide bonds. The van der Waals surface area contributed by atoms with Gasteiger partial charge in [0, 0.05) is 17.8 Å². The Labute approximate surface area is 139 Å². The van der Waals surface area contributed by atoms with E-state index in [9.17, 15) is 14.7 Å². The first-order valence-corrected chi connectivity index (χ1v) is 9.57. The van der Waals surface area contributed by atoms with E-state index in [0.717, 1.165) is 44.9 Å². The summed E-state index contributed by atoms with van der Waals surface area (Å²) in [7, 11) is 0. The molecule has 4 aliphatic carbocycles. The highest BCUT2D eigenvalue weighted by Gasteiger charge is 2.63. The van der Waals surface area contributed by atoms with E-state index in [2.05, 4.69) is 13.8 Å². The van der Waals surface area contributed by atoms with Crippen LogP contribution < -0.4 is 0 Å². The molecule has 23 heavy (non-hydrogen) atoms. The Kier molecular flexibility index (Phi) is 3.54. The molecule has 0 aromatic heterocycles. The molecule has 1 unspecified atom stereocenters. The Balaban J connectivity index is 1.72. The molecule has 8 atom stereocenters. The van der Waals surface area contributed by atoms with Gasteiger partial charge in [-0.1, -0.05) is 13.8 Å². The van der Waals surface area contributed by atoms with Crippen molar-refractivity contribution in [3.05, 3.63) is 0 Å². The summed E-state index contributed by atoms with van der Waals surface area (Å²) in [6.45, 7) is 4.52. The van der Waals surface area contributed by atoms with Gasteiger partial charge in [0.2, 0.25) is 0 Å². The van der Waals surface area contributed by atoms with Gasteiger partial charge in [0.1, 0.15) is 12.1 Å². The fraction of sp³-hybridized carbons (Fsp3) is 0.900. The number of fused-ring (bicyclic) bond motifs is 5. The highest BCUT2D eigenvalue weighted by atomic mass is 16.3. The molecular formula is C20H30O3. The quantitative estimate of drug-likeness (QED) is 0.754. The minimum absolute atomic E-state index is 0.0337. The number of ketones is 1. The molecule has 4 rings (SSSR count). The van der Waals surface area contributed by atoms with Crippen LogP contribution in [0.1, 0.15) is 65.2 Å². The lowest BCUT2D eigenvalue weighted by Gasteiger charge is -2.61. The number of aliphatic hydroxyl groups is 1. The van der Waals surface area contributed by atoms with Crippen molar-refractivity contribution in [3.63, 3.8) is 0 Å². The summed E-state index contributed by atoms with van der Waals surface area (Å²) < 4.78 is 0. The molecule has 4 saturated carbocycles. The number of Topliss-reactive ketones (excluding diaryl/α,β-unsaturated/α-hetero) is 1. The Morgan fingerprint density at radius 2 is 1.96 bits per heavy atom. The molecule has 0 radical (unpaired) electrons. The van der Waals surface area contributed by atoms with Crippen molar-refractivity contribution in [1.82, 2.24) is 0 Å². The van der Waals surface area contributed by atoms with E-state index in [1.54, 1.807) is 0 Å². The van der Waals surface area contributed by atoms with E-state index >= 15 is 0 Å². The van der Waals surface area contributed by atoms with Crippen LogP contribution in [0.15, 0.2) is 0 Å². The molecule has 0 aromatic rings. The fourth-order valence-electron chi connectivity index (χ4n) is 7.40. The second-order valence-electron chi connectivity index (χ2n) is 9.39. The average Bonchev–Trinajstić information content (AvgIpc) is 2.82. The number of hydrogen-bond donors (Lipinski definition) is 1. The van der Waals surface area contributed by atoms with Crippen LogP contribution in [0, 0.1) is 40.4 Å². The third kappa shape index (κ3) is 2.04. The fourth-order valence-corrected chi connectivity index (χ4v) is 7.40. The summed E-state index contributed by atoms with van der Waals surface area (Å²) in [4.78, 5) is 24.5. The zero-order valence-electron chi connectivity index (χ0n) is 14.5. The second-order valence-corrected chi connectivity index (χ2v) is 9.39. The molecule has 3 nitrogen and oxygen atoms in total. The summed E-state index contributed by atoms with van der Waals surface area (Å²) in [6.07, 6.45) is 8.68. The third-order valence-electron chi connectivity index (χ3n) is 8.53. The van der Waals surface area contributed by atoms with Gasteiger partial charge in [-0.3, -0.25) is 4.79 Å². The molecule has 3 heteroatoms. The Morgan fingerprint density at radius 1 is 1.17 bits per heavy atom. The first kappa shape index (κ1) is 15.8. The molecule has 0 saturated heterocycles. The maximum Gasteiger partial charge on any atom is 0.139 e. The van der Waals surface area contributed by atoms with E-state index < -0.39 is 0 Å². The zero-order valence-corrected chi connectivity index (χ0v) is 14.5. The Hall–Kier alpha value is -0.700. The van der Waals surface area contributed by atoms with Crippen molar-refractivity contribution >= 4 is 12.1 Å². The largest absolute Gasteiger partial charge is 0.393 e. The van der Waals surface area contributed by atoms with Crippen LogP contribution in [-0.2, 0) is 9.59 Å². The van der Waals surface area contributed by atoms with Crippen LogP contribution in [0.2, 0.25) is 0 Å². The summed E-state index contributed by atoms with van der Waals surface area (Å²) in [5, 5.41) is 10.1. The highest BCUT2D eigenvalue weighted by Crippen LogP contribution is 2.66. The minimum Gasteiger partial charge on any atom is -0.393 e. The molecule has 0 bridgehead atoms. The van der Waals surface area contributed by atoms with Crippen LogP contribution in [0.3, 0.4) is 0 Å². The maximum atomic E-state index is 12.5. The van der Waals surface area contributed by atoms with Gasteiger partial charge in [0.25, 0.3) is 0 Å². The van der Waals surface area contributed by atoms with E-state index in [1.807, 2.05) is 0 Å². The highest BCUT2D eigenvalue weighted by molar-refractivity contribution is 5.87. The first-order chi connectivity index (χ1) is 10.9. The van der Waals surface area contributed by atoms with Crippen LogP contribution >= 0.6 is 0 Å². The maximum absolute atomic E-state index is 12.5. The van der Waals surface area contributed by atoms with Crippen molar-refractivity contribution < 1.29 is 14.7 Å². The number of aldehydes is 1. The van der Waals surface area contributed by atoms with E-state index in [0.29, 0.717) is 29.5 Å². The van der Waals surface area contributed by atoms with Gasteiger partial charge in [-0.2, -0.15) is 0 Å². The van der Waals surface area contributed by atoms with Crippen molar-refractivity contribution in [2.24, 2.45) is 40.4 Å². The molecule has 128 valence electrons. The van der Waals surface area contributed by atoms with Crippen LogP contribution in [0.25, 0.3) is 0 Å². The van der Waals surface area contributed by atoms with Crippen molar-refractivity contribution in [2.75, 3.05) is 0 Å². The summed E-state index contributed by atoms with van der Waals surface area (Å²) in [6, 6.07) is 0. The lowest BCUT2D eigenvalue weighted by molar-refractivity contribution is -0.160. The van der Waals surface area contributed by atoms with Gasteiger partial charge in [-0.25, -0.2) is 0 Å². The molecule has 0 heterocycles.